The number of benzene rings is 3. The van der Waals surface area contributed by atoms with Crippen LogP contribution >= 0.6 is 7.92 Å². The van der Waals surface area contributed by atoms with Crippen molar-refractivity contribution in [3.63, 3.8) is 0 Å². The molecule has 0 amide bonds. The molecular formula is C24H26NP. The molecule has 1 aliphatic rings. The van der Waals surface area contributed by atoms with Crippen molar-refractivity contribution in [3.05, 3.63) is 90.0 Å². The van der Waals surface area contributed by atoms with Gasteiger partial charge < -0.3 is 4.90 Å². The summed E-state index contributed by atoms with van der Waals surface area (Å²) in [5.41, 5.74) is 3.13. The van der Waals surface area contributed by atoms with Gasteiger partial charge in [-0.25, -0.2) is 0 Å². The van der Waals surface area contributed by atoms with E-state index in [1.165, 1.54) is 35.2 Å². The van der Waals surface area contributed by atoms with Gasteiger partial charge in [-0.2, -0.15) is 0 Å². The summed E-state index contributed by atoms with van der Waals surface area (Å²) in [5, 5.41) is 4.41. The predicted octanol–water partition coefficient (Wildman–Crippen LogP) is 4.38. The van der Waals surface area contributed by atoms with Crippen LogP contribution in [0, 0.1) is 0 Å². The lowest BCUT2D eigenvalue weighted by Crippen LogP contribution is -2.32. The molecule has 1 nitrogen and oxygen atoms in total. The van der Waals surface area contributed by atoms with E-state index in [0.29, 0.717) is 6.04 Å². The summed E-state index contributed by atoms with van der Waals surface area (Å²) in [6, 6.07) is 29.6. The highest BCUT2D eigenvalue weighted by Gasteiger charge is 2.28. The van der Waals surface area contributed by atoms with Gasteiger partial charge in [-0.15, -0.1) is 0 Å². The lowest BCUT2D eigenvalue weighted by atomic mass is 9.87. The van der Waals surface area contributed by atoms with Crippen LogP contribution < -0.4 is 15.9 Å². The third-order valence-corrected chi connectivity index (χ3v) is 7.82. The summed E-state index contributed by atoms with van der Waals surface area (Å²) in [4.78, 5) is 2.41. The lowest BCUT2D eigenvalue weighted by Gasteiger charge is -2.35. The highest BCUT2D eigenvalue weighted by molar-refractivity contribution is 7.79. The summed E-state index contributed by atoms with van der Waals surface area (Å²) in [6.07, 6.45) is 3.75. The monoisotopic (exact) mass is 359 g/mol. The molecule has 0 aliphatic heterocycles. The number of fused-ring (bicyclic) bond motifs is 1. The highest BCUT2D eigenvalue weighted by atomic mass is 31.1. The Labute approximate surface area is 158 Å². The highest BCUT2D eigenvalue weighted by Crippen LogP contribution is 2.40. The Morgan fingerprint density at radius 2 is 1.38 bits per heavy atom. The van der Waals surface area contributed by atoms with Crippen LogP contribution in [-0.2, 0) is 6.42 Å². The number of rotatable bonds is 4. The van der Waals surface area contributed by atoms with E-state index >= 15 is 0 Å². The Morgan fingerprint density at radius 3 is 1.96 bits per heavy atom. The van der Waals surface area contributed by atoms with Crippen LogP contribution in [0.4, 0.5) is 0 Å². The molecule has 1 aliphatic carbocycles. The van der Waals surface area contributed by atoms with Crippen molar-refractivity contribution < 1.29 is 0 Å². The molecule has 0 saturated carbocycles. The first kappa shape index (κ1) is 17.5. The summed E-state index contributed by atoms with van der Waals surface area (Å²) >= 11 is 0. The topological polar surface area (TPSA) is 3.24 Å². The van der Waals surface area contributed by atoms with Gasteiger partial charge in [-0.3, -0.25) is 0 Å². The van der Waals surface area contributed by atoms with E-state index < -0.39 is 7.92 Å². The Kier molecular flexibility index (Phi) is 5.20. The first-order chi connectivity index (χ1) is 12.8. The average molecular weight is 359 g/mol. The van der Waals surface area contributed by atoms with Gasteiger partial charge in [0.05, 0.1) is 0 Å². The molecule has 0 aromatic heterocycles. The molecule has 4 rings (SSSR count). The molecule has 0 spiro atoms. The molecule has 0 heterocycles. The van der Waals surface area contributed by atoms with Crippen molar-refractivity contribution >= 4 is 23.8 Å². The second-order valence-electron chi connectivity index (χ2n) is 7.23. The Balaban J connectivity index is 1.93. The molecule has 3 aromatic carbocycles. The largest absolute Gasteiger partial charge is 0.302 e. The fourth-order valence-electron chi connectivity index (χ4n) is 4.13. The van der Waals surface area contributed by atoms with Gasteiger partial charge in [0.1, 0.15) is 0 Å². The van der Waals surface area contributed by atoms with Crippen molar-refractivity contribution in [2.45, 2.75) is 25.3 Å². The quantitative estimate of drug-likeness (QED) is 0.625. The molecule has 0 saturated heterocycles. The Morgan fingerprint density at radius 1 is 0.769 bits per heavy atom. The first-order valence-electron chi connectivity index (χ1n) is 9.44. The second-order valence-corrected chi connectivity index (χ2v) is 9.41. The van der Waals surface area contributed by atoms with Crippen molar-refractivity contribution in [3.8, 4) is 0 Å². The van der Waals surface area contributed by atoms with Crippen molar-refractivity contribution in [2.24, 2.45) is 0 Å². The maximum absolute atomic E-state index is 2.41. The summed E-state index contributed by atoms with van der Waals surface area (Å²) in [5.74, 6) is 0. The minimum absolute atomic E-state index is 0.521. The van der Waals surface area contributed by atoms with Crippen LogP contribution in [0.2, 0.25) is 0 Å². The van der Waals surface area contributed by atoms with Crippen LogP contribution in [-0.4, -0.2) is 19.0 Å². The molecule has 0 bridgehead atoms. The normalized spacial score (nSPS) is 16.7. The van der Waals surface area contributed by atoms with E-state index in [1.54, 1.807) is 11.1 Å². The maximum Gasteiger partial charge on any atom is 0.0351 e. The van der Waals surface area contributed by atoms with Crippen LogP contribution in [0.3, 0.4) is 0 Å². The molecule has 2 heteroatoms. The van der Waals surface area contributed by atoms with Crippen LogP contribution in [0.1, 0.15) is 30.0 Å². The third-order valence-electron chi connectivity index (χ3n) is 5.32. The average Bonchev–Trinajstić information content (AvgIpc) is 2.69. The molecular weight excluding hydrogens is 333 g/mol. The number of hydrogen-bond donors (Lipinski definition) is 0. The molecule has 3 aromatic rings. The van der Waals surface area contributed by atoms with Crippen LogP contribution in [0.15, 0.2) is 78.9 Å². The zero-order valence-corrected chi connectivity index (χ0v) is 16.5. The zero-order valence-electron chi connectivity index (χ0n) is 15.6. The van der Waals surface area contributed by atoms with E-state index in [0.717, 1.165) is 0 Å². The standard InChI is InChI=1S/C24H26NP/c1-25(2)22-17-9-11-19-12-10-18-23(24(19)22)26(20-13-5-3-6-14-20)21-15-7-4-8-16-21/h3-8,10,12-16,18,22H,9,11,17H2,1-2H3. The minimum Gasteiger partial charge on any atom is -0.302 e. The van der Waals surface area contributed by atoms with Gasteiger partial charge >= 0.3 is 0 Å². The van der Waals surface area contributed by atoms with E-state index in [9.17, 15) is 0 Å². The molecule has 132 valence electrons. The summed E-state index contributed by atoms with van der Waals surface area (Å²) < 4.78 is 0. The van der Waals surface area contributed by atoms with Gasteiger partial charge in [0.2, 0.25) is 0 Å². The van der Waals surface area contributed by atoms with Gasteiger partial charge in [-0.1, -0.05) is 78.9 Å². The second kappa shape index (κ2) is 7.74. The van der Waals surface area contributed by atoms with Gasteiger partial charge in [0.15, 0.2) is 0 Å². The maximum atomic E-state index is 2.41. The fraction of sp³-hybridized carbons (Fsp3) is 0.250. The van der Waals surface area contributed by atoms with Gasteiger partial charge in [-0.05, 0) is 68.3 Å². The van der Waals surface area contributed by atoms with Crippen molar-refractivity contribution in [2.75, 3.05) is 14.1 Å². The van der Waals surface area contributed by atoms with E-state index in [-0.39, 0.29) is 0 Å². The molecule has 1 atom stereocenters. The molecule has 0 N–H and O–H groups in total. The van der Waals surface area contributed by atoms with Crippen molar-refractivity contribution in [1.29, 1.82) is 0 Å². The molecule has 0 fully saturated rings. The van der Waals surface area contributed by atoms with E-state index in [2.05, 4.69) is 97.9 Å². The smallest absolute Gasteiger partial charge is 0.0351 e. The van der Waals surface area contributed by atoms with Gasteiger partial charge in [0, 0.05) is 6.04 Å². The summed E-state index contributed by atoms with van der Waals surface area (Å²) in [6.45, 7) is 0. The predicted molar refractivity (Wildman–Crippen MR) is 115 cm³/mol. The Bertz CT molecular complexity index is 818. The summed E-state index contributed by atoms with van der Waals surface area (Å²) in [7, 11) is 3.91. The van der Waals surface area contributed by atoms with E-state index in [4.69, 9.17) is 0 Å². The number of nitrogens with zero attached hydrogens (tertiary/aromatic N) is 1. The molecule has 1 unspecified atom stereocenters. The molecule has 26 heavy (non-hydrogen) atoms. The fourth-order valence-corrected chi connectivity index (χ4v) is 6.69. The first-order valence-corrected chi connectivity index (χ1v) is 10.8. The minimum atomic E-state index is -0.539. The Hall–Kier alpha value is -1.95. The van der Waals surface area contributed by atoms with Crippen molar-refractivity contribution in [1.82, 2.24) is 4.90 Å². The SMILES string of the molecule is CN(C)C1CCCc2cccc(P(c3ccccc3)c3ccccc3)c21. The van der Waals surface area contributed by atoms with Gasteiger partial charge in [0.25, 0.3) is 0 Å². The third kappa shape index (κ3) is 3.34. The lowest BCUT2D eigenvalue weighted by molar-refractivity contribution is 0.270. The van der Waals surface area contributed by atoms with E-state index in [1.807, 2.05) is 0 Å². The number of hydrogen-bond acceptors (Lipinski definition) is 1. The van der Waals surface area contributed by atoms with Crippen LogP contribution in [0.25, 0.3) is 0 Å². The van der Waals surface area contributed by atoms with Crippen LogP contribution in [0.5, 0.6) is 0 Å². The number of aryl methyl sites for hydroxylation is 1. The molecule has 0 radical (unpaired) electrons. The zero-order chi connectivity index (χ0) is 17.9.